The summed E-state index contributed by atoms with van der Waals surface area (Å²) in [5.74, 6) is -1.71. The molecule has 1 amide bonds. The molecule has 4 rings (SSSR count). The number of nitrogens with one attached hydrogen (secondary N) is 1. The monoisotopic (exact) mass is 658 g/mol. The fourth-order valence-corrected chi connectivity index (χ4v) is 6.87. The van der Waals surface area contributed by atoms with Crippen LogP contribution in [0.15, 0.2) is 78.2 Å². The number of para-hydroxylation sites is 1. The number of aromatic nitrogens is 1. The van der Waals surface area contributed by atoms with E-state index in [1.165, 1.54) is 24.3 Å². The second-order valence-electron chi connectivity index (χ2n) is 9.25. The predicted octanol–water partition coefficient (Wildman–Crippen LogP) is 6.08. The molecule has 0 bridgehead atoms. The van der Waals surface area contributed by atoms with Gasteiger partial charge in [-0.05, 0) is 62.0 Å². The Kier molecular flexibility index (Phi) is 9.81. The van der Waals surface area contributed by atoms with Gasteiger partial charge in [-0.2, -0.15) is 0 Å². The molecule has 0 saturated carbocycles. The van der Waals surface area contributed by atoms with Gasteiger partial charge in [-0.1, -0.05) is 66.2 Å². The standard InChI is InChI=1S/C30H28Cl2N4O5S2/c1-4-35(30(33)42)17-19-11-9-10-14-23(19)34-28(37)18(3)25-26-22(32)15-20(31)16-24(26)36(27(25)29(38)41-5-2)43(39,40)21-12-7-6-8-13-21/h6-16H,3-5,17H2,1-2H3,(H2,33,42)(H,34,37). The van der Waals surface area contributed by atoms with Crippen molar-refractivity contribution < 1.29 is 22.7 Å². The van der Waals surface area contributed by atoms with Gasteiger partial charge in [-0.15, -0.1) is 0 Å². The van der Waals surface area contributed by atoms with Crippen LogP contribution < -0.4 is 11.1 Å². The normalized spacial score (nSPS) is 11.3. The number of halogens is 2. The molecule has 9 nitrogen and oxygen atoms in total. The number of carbonyl (C=O) groups excluding carboxylic acids is 2. The van der Waals surface area contributed by atoms with Crippen LogP contribution in [0.5, 0.6) is 0 Å². The van der Waals surface area contributed by atoms with Gasteiger partial charge in [0.05, 0.1) is 22.0 Å². The number of hydrogen-bond acceptors (Lipinski definition) is 6. The molecule has 0 aliphatic rings. The summed E-state index contributed by atoms with van der Waals surface area (Å²) in [6.07, 6.45) is 0. The summed E-state index contributed by atoms with van der Waals surface area (Å²) in [4.78, 5) is 28.9. The number of thiocarbonyl (C=S) groups is 1. The highest BCUT2D eigenvalue weighted by molar-refractivity contribution is 7.90. The van der Waals surface area contributed by atoms with Crippen LogP contribution in [0.3, 0.4) is 0 Å². The van der Waals surface area contributed by atoms with Crippen LogP contribution in [0.25, 0.3) is 16.5 Å². The quantitative estimate of drug-likeness (QED) is 0.119. The highest BCUT2D eigenvalue weighted by Crippen LogP contribution is 2.40. The van der Waals surface area contributed by atoms with Crippen LogP contribution >= 0.6 is 35.4 Å². The smallest absolute Gasteiger partial charge is 0.356 e. The molecular formula is C30H28Cl2N4O5S2. The lowest BCUT2D eigenvalue weighted by atomic mass is 10.0. The Hall–Kier alpha value is -3.90. The molecule has 0 atom stereocenters. The molecule has 224 valence electrons. The zero-order valence-electron chi connectivity index (χ0n) is 23.3. The number of ether oxygens (including phenoxy) is 1. The Labute approximate surface area is 264 Å². The number of nitrogens with two attached hydrogens (primary N) is 1. The fraction of sp³-hybridized carbons (Fsp3) is 0.167. The van der Waals surface area contributed by atoms with E-state index >= 15 is 0 Å². The minimum absolute atomic E-state index is 0.00876. The van der Waals surface area contributed by atoms with Crippen molar-refractivity contribution in [1.82, 2.24) is 8.87 Å². The van der Waals surface area contributed by atoms with Gasteiger partial charge in [0.1, 0.15) is 0 Å². The summed E-state index contributed by atoms with van der Waals surface area (Å²) in [6, 6.07) is 17.3. The van der Waals surface area contributed by atoms with E-state index in [2.05, 4.69) is 11.9 Å². The van der Waals surface area contributed by atoms with Gasteiger partial charge in [0.2, 0.25) is 0 Å². The van der Waals surface area contributed by atoms with E-state index < -0.39 is 27.6 Å². The third-order valence-electron chi connectivity index (χ3n) is 6.59. The van der Waals surface area contributed by atoms with Crippen molar-refractivity contribution in [2.45, 2.75) is 25.3 Å². The van der Waals surface area contributed by atoms with Gasteiger partial charge < -0.3 is 20.7 Å². The summed E-state index contributed by atoms with van der Waals surface area (Å²) >= 11 is 18.1. The number of rotatable bonds is 10. The Bertz CT molecular complexity index is 1860. The lowest BCUT2D eigenvalue weighted by Crippen LogP contribution is -2.35. The van der Waals surface area contributed by atoms with E-state index in [4.69, 9.17) is 45.9 Å². The first kappa shape index (κ1) is 32.0. The highest BCUT2D eigenvalue weighted by atomic mass is 35.5. The minimum atomic E-state index is -4.43. The summed E-state index contributed by atoms with van der Waals surface area (Å²) in [5.41, 5.74) is 6.19. The van der Waals surface area contributed by atoms with Crippen LogP contribution in [0.2, 0.25) is 10.0 Å². The maximum Gasteiger partial charge on any atom is 0.356 e. The molecule has 1 aromatic heterocycles. The molecule has 0 saturated heterocycles. The van der Waals surface area contributed by atoms with Crippen molar-refractivity contribution in [3.63, 3.8) is 0 Å². The molecule has 43 heavy (non-hydrogen) atoms. The molecule has 0 spiro atoms. The van der Waals surface area contributed by atoms with Crippen molar-refractivity contribution in [2.24, 2.45) is 5.73 Å². The average molecular weight is 660 g/mol. The average Bonchev–Trinajstić information content (AvgIpc) is 3.32. The number of amides is 1. The maximum absolute atomic E-state index is 14.0. The maximum atomic E-state index is 14.0. The van der Waals surface area contributed by atoms with Gasteiger partial charge >= 0.3 is 5.97 Å². The SMILES string of the molecule is C=C(C(=O)Nc1ccccc1CN(CC)C(N)=S)c1c(C(=O)OCC)n(S(=O)(=O)c2ccccc2)c2cc(Cl)cc(Cl)c12. The lowest BCUT2D eigenvalue weighted by Gasteiger charge is -2.22. The van der Waals surface area contributed by atoms with Crippen LogP contribution in [0.1, 0.15) is 35.5 Å². The number of benzene rings is 3. The topological polar surface area (TPSA) is 124 Å². The fourth-order valence-electron chi connectivity index (χ4n) is 4.58. The Morgan fingerprint density at radius 2 is 1.72 bits per heavy atom. The molecule has 0 unspecified atom stereocenters. The molecule has 0 aliphatic carbocycles. The van der Waals surface area contributed by atoms with Gasteiger partial charge in [0.15, 0.2) is 10.8 Å². The largest absolute Gasteiger partial charge is 0.461 e. The minimum Gasteiger partial charge on any atom is -0.461 e. The third kappa shape index (κ3) is 6.40. The van der Waals surface area contributed by atoms with Crippen molar-refractivity contribution in [3.8, 4) is 0 Å². The zero-order chi connectivity index (χ0) is 31.5. The molecule has 0 aliphatic heterocycles. The summed E-state index contributed by atoms with van der Waals surface area (Å²) in [6.45, 7) is 8.24. The Morgan fingerprint density at radius 3 is 2.35 bits per heavy atom. The van der Waals surface area contributed by atoms with E-state index in [1.54, 1.807) is 54.3 Å². The van der Waals surface area contributed by atoms with Crippen LogP contribution in [-0.4, -0.2) is 47.4 Å². The predicted molar refractivity (Wildman–Crippen MR) is 174 cm³/mol. The summed E-state index contributed by atoms with van der Waals surface area (Å²) < 4.78 is 34.2. The number of anilines is 1. The van der Waals surface area contributed by atoms with Gasteiger partial charge in [-0.25, -0.2) is 17.2 Å². The first-order valence-corrected chi connectivity index (χ1v) is 15.7. The first-order chi connectivity index (χ1) is 20.4. The molecule has 0 radical (unpaired) electrons. The number of hydrogen-bond donors (Lipinski definition) is 2. The molecule has 3 N–H and O–H groups in total. The van der Waals surface area contributed by atoms with Gasteiger partial charge in [0, 0.05) is 40.3 Å². The Morgan fingerprint density at radius 1 is 1.07 bits per heavy atom. The highest BCUT2D eigenvalue weighted by Gasteiger charge is 2.35. The van der Waals surface area contributed by atoms with E-state index in [0.717, 1.165) is 3.97 Å². The molecule has 1 heterocycles. The van der Waals surface area contributed by atoms with Crippen molar-refractivity contribution in [1.29, 1.82) is 0 Å². The van der Waals surface area contributed by atoms with E-state index in [0.29, 0.717) is 24.3 Å². The number of nitrogens with zero attached hydrogens (tertiary/aromatic N) is 2. The number of carbonyl (C=O) groups is 2. The van der Waals surface area contributed by atoms with E-state index in [-0.39, 0.29) is 48.7 Å². The number of fused-ring (bicyclic) bond motifs is 1. The van der Waals surface area contributed by atoms with Crippen molar-refractivity contribution >= 4 is 84.6 Å². The second-order valence-corrected chi connectivity index (χ2v) is 12.3. The van der Waals surface area contributed by atoms with Crippen molar-refractivity contribution in [2.75, 3.05) is 18.5 Å². The summed E-state index contributed by atoms with van der Waals surface area (Å²) in [7, 11) is -4.43. The second kappa shape index (κ2) is 13.2. The van der Waals surface area contributed by atoms with Crippen LogP contribution in [0.4, 0.5) is 5.69 Å². The molecule has 13 heteroatoms. The molecule has 0 fully saturated rings. The summed E-state index contributed by atoms with van der Waals surface area (Å²) in [5, 5.41) is 3.24. The van der Waals surface area contributed by atoms with Crippen LogP contribution in [-0.2, 0) is 26.1 Å². The molecule has 3 aromatic carbocycles. The van der Waals surface area contributed by atoms with Gasteiger partial charge in [0.25, 0.3) is 15.9 Å². The van der Waals surface area contributed by atoms with E-state index in [1.807, 2.05) is 6.92 Å². The van der Waals surface area contributed by atoms with Crippen molar-refractivity contribution in [3.05, 3.63) is 100 Å². The molecule has 4 aromatic rings. The van der Waals surface area contributed by atoms with Gasteiger partial charge in [-0.3, -0.25) is 4.79 Å². The van der Waals surface area contributed by atoms with Crippen LogP contribution in [0, 0.1) is 0 Å². The first-order valence-electron chi connectivity index (χ1n) is 13.1. The lowest BCUT2D eigenvalue weighted by molar-refractivity contribution is -0.111. The van der Waals surface area contributed by atoms with E-state index in [9.17, 15) is 18.0 Å². The third-order valence-corrected chi connectivity index (χ3v) is 9.09. The number of esters is 1. The molecular weight excluding hydrogens is 631 g/mol. The zero-order valence-corrected chi connectivity index (χ0v) is 26.4. The Balaban J connectivity index is 1.93.